The van der Waals surface area contributed by atoms with Crippen LogP contribution in [0.1, 0.15) is 18.9 Å². The Labute approximate surface area is 98.6 Å². The van der Waals surface area contributed by atoms with Gasteiger partial charge in [0.25, 0.3) is 0 Å². The van der Waals surface area contributed by atoms with Crippen LogP contribution in [0.25, 0.3) is 0 Å². The van der Waals surface area contributed by atoms with Crippen molar-refractivity contribution >= 4 is 29.1 Å². The van der Waals surface area contributed by atoms with Gasteiger partial charge in [0.05, 0.1) is 11.4 Å². The quantitative estimate of drug-likeness (QED) is 0.874. The van der Waals surface area contributed by atoms with Crippen molar-refractivity contribution in [2.45, 2.75) is 24.7 Å². The van der Waals surface area contributed by atoms with Gasteiger partial charge in [-0.1, -0.05) is 6.07 Å². The molecule has 0 spiro atoms. The number of aryl methyl sites for hydroxylation is 1. The molecule has 0 atom stereocenters. The fourth-order valence-corrected chi connectivity index (χ4v) is 2.39. The Hall–Kier alpha value is -1.29. The summed E-state index contributed by atoms with van der Waals surface area (Å²) in [7, 11) is 0. The molecular weight excluding hydrogens is 222 g/mol. The molecule has 1 aliphatic rings. The van der Waals surface area contributed by atoms with E-state index >= 15 is 0 Å². The number of nitrogens with one attached hydrogen (secondary N) is 1. The second kappa shape index (κ2) is 4.70. The standard InChI is InChI=1S/C12H13NO2S/c1-8(14)2-3-9-4-5-11-10(6-9)13-12(15)7-16-11/h4-6H,2-3,7H2,1H3,(H,13,15). The number of ketones is 1. The van der Waals surface area contributed by atoms with Crippen molar-refractivity contribution in [3.8, 4) is 0 Å². The van der Waals surface area contributed by atoms with Crippen molar-refractivity contribution in [2.75, 3.05) is 11.1 Å². The summed E-state index contributed by atoms with van der Waals surface area (Å²) in [6.45, 7) is 1.59. The zero-order valence-electron chi connectivity index (χ0n) is 9.08. The summed E-state index contributed by atoms with van der Waals surface area (Å²) in [6.07, 6.45) is 1.29. The van der Waals surface area contributed by atoms with Gasteiger partial charge in [-0.3, -0.25) is 4.79 Å². The summed E-state index contributed by atoms with van der Waals surface area (Å²) in [6, 6.07) is 5.99. The third kappa shape index (κ3) is 2.64. The fraction of sp³-hybridized carbons (Fsp3) is 0.333. The summed E-state index contributed by atoms with van der Waals surface area (Å²) in [4.78, 5) is 23.2. The third-order valence-corrected chi connectivity index (χ3v) is 3.52. The molecule has 1 aromatic rings. The molecule has 3 nitrogen and oxygen atoms in total. The normalized spacial score (nSPS) is 14.2. The highest BCUT2D eigenvalue weighted by atomic mass is 32.2. The number of amides is 1. The highest BCUT2D eigenvalue weighted by molar-refractivity contribution is 8.00. The molecule has 2 rings (SSSR count). The van der Waals surface area contributed by atoms with Crippen LogP contribution in [0, 0.1) is 0 Å². The first-order valence-corrected chi connectivity index (χ1v) is 6.19. The summed E-state index contributed by atoms with van der Waals surface area (Å²) >= 11 is 1.55. The SMILES string of the molecule is CC(=O)CCc1ccc2c(c1)NC(=O)CS2. The maximum absolute atomic E-state index is 11.2. The number of hydrogen-bond donors (Lipinski definition) is 1. The highest BCUT2D eigenvalue weighted by Gasteiger charge is 2.15. The molecular formula is C12H13NO2S. The third-order valence-electron chi connectivity index (χ3n) is 2.44. The Morgan fingerprint density at radius 3 is 3.06 bits per heavy atom. The van der Waals surface area contributed by atoms with E-state index in [9.17, 15) is 9.59 Å². The van der Waals surface area contributed by atoms with E-state index in [1.54, 1.807) is 18.7 Å². The van der Waals surface area contributed by atoms with Crippen molar-refractivity contribution in [1.29, 1.82) is 0 Å². The van der Waals surface area contributed by atoms with Gasteiger partial charge in [-0.2, -0.15) is 0 Å². The predicted octanol–water partition coefficient (Wildman–Crippen LogP) is 2.25. The topological polar surface area (TPSA) is 46.2 Å². The Balaban J connectivity index is 2.14. The number of hydrogen-bond acceptors (Lipinski definition) is 3. The molecule has 84 valence electrons. The van der Waals surface area contributed by atoms with E-state index in [1.807, 2.05) is 18.2 Å². The lowest BCUT2D eigenvalue weighted by Gasteiger charge is -2.16. The lowest BCUT2D eigenvalue weighted by molar-refractivity contribution is -0.117. The van der Waals surface area contributed by atoms with Gasteiger partial charge in [0.1, 0.15) is 5.78 Å². The Bertz CT molecular complexity index is 443. The second-order valence-electron chi connectivity index (χ2n) is 3.87. The molecule has 0 bridgehead atoms. The van der Waals surface area contributed by atoms with Gasteiger partial charge < -0.3 is 10.1 Å². The van der Waals surface area contributed by atoms with E-state index in [0.717, 1.165) is 22.6 Å². The molecule has 0 saturated heterocycles. The monoisotopic (exact) mass is 235 g/mol. The largest absolute Gasteiger partial charge is 0.324 e. The van der Waals surface area contributed by atoms with E-state index in [-0.39, 0.29) is 11.7 Å². The van der Waals surface area contributed by atoms with Crippen LogP contribution in [-0.2, 0) is 16.0 Å². The number of rotatable bonds is 3. The Kier molecular flexibility index (Phi) is 3.29. The lowest BCUT2D eigenvalue weighted by atomic mass is 10.1. The van der Waals surface area contributed by atoms with Crippen molar-refractivity contribution in [3.05, 3.63) is 23.8 Å². The minimum Gasteiger partial charge on any atom is -0.324 e. The molecule has 1 aliphatic heterocycles. The van der Waals surface area contributed by atoms with Gasteiger partial charge >= 0.3 is 0 Å². The van der Waals surface area contributed by atoms with E-state index in [2.05, 4.69) is 5.32 Å². The van der Waals surface area contributed by atoms with Crippen molar-refractivity contribution in [2.24, 2.45) is 0 Å². The minimum atomic E-state index is 0.0428. The number of fused-ring (bicyclic) bond motifs is 1. The maximum atomic E-state index is 11.2. The van der Waals surface area contributed by atoms with Crippen molar-refractivity contribution in [3.63, 3.8) is 0 Å². The number of thioether (sulfide) groups is 1. The molecule has 0 aromatic heterocycles. The van der Waals surface area contributed by atoms with E-state index in [4.69, 9.17) is 0 Å². The van der Waals surface area contributed by atoms with E-state index in [1.165, 1.54) is 0 Å². The Morgan fingerprint density at radius 2 is 2.31 bits per heavy atom. The van der Waals surface area contributed by atoms with Crippen LogP contribution in [0.5, 0.6) is 0 Å². The molecule has 4 heteroatoms. The first-order chi connectivity index (χ1) is 7.65. The van der Waals surface area contributed by atoms with Gasteiger partial charge in [-0.05, 0) is 31.0 Å². The molecule has 1 heterocycles. The summed E-state index contributed by atoms with van der Waals surface area (Å²) in [5.41, 5.74) is 1.97. The van der Waals surface area contributed by atoms with Gasteiger partial charge in [0, 0.05) is 11.3 Å². The molecule has 0 fully saturated rings. The van der Waals surface area contributed by atoms with Crippen LogP contribution >= 0.6 is 11.8 Å². The molecule has 1 amide bonds. The number of anilines is 1. The molecule has 0 radical (unpaired) electrons. The number of Topliss-reactive ketones (excluding diaryl/α,β-unsaturated/α-hetero) is 1. The fourth-order valence-electron chi connectivity index (χ4n) is 1.61. The summed E-state index contributed by atoms with van der Waals surface area (Å²) in [5, 5.41) is 2.84. The van der Waals surface area contributed by atoms with Gasteiger partial charge in [0.15, 0.2) is 0 Å². The highest BCUT2D eigenvalue weighted by Crippen LogP contribution is 2.32. The lowest BCUT2D eigenvalue weighted by Crippen LogP contribution is -2.18. The molecule has 1 N–H and O–H groups in total. The predicted molar refractivity (Wildman–Crippen MR) is 64.8 cm³/mol. The van der Waals surface area contributed by atoms with E-state index in [0.29, 0.717) is 12.2 Å². The van der Waals surface area contributed by atoms with Crippen LogP contribution < -0.4 is 5.32 Å². The van der Waals surface area contributed by atoms with E-state index < -0.39 is 0 Å². The average Bonchev–Trinajstić information content (AvgIpc) is 2.25. The molecule has 1 aromatic carbocycles. The smallest absolute Gasteiger partial charge is 0.234 e. The zero-order valence-corrected chi connectivity index (χ0v) is 9.89. The molecule has 0 aliphatic carbocycles. The minimum absolute atomic E-state index is 0.0428. The average molecular weight is 235 g/mol. The molecule has 0 unspecified atom stereocenters. The number of carbonyl (C=O) groups is 2. The van der Waals surface area contributed by atoms with Gasteiger partial charge in [0.2, 0.25) is 5.91 Å². The Morgan fingerprint density at radius 1 is 1.50 bits per heavy atom. The molecule has 0 saturated carbocycles. The van der Waals surface area contributed by atoms with Crippen LogP contribution in [0.4, 0.5) is 5.69 Å². The summed E-state index contributed by atoms with van der Waals surface area (Å²) in [5.74, 6) is 0.720. The molecule has 16 heavy (non-hydrogen) atoms. The zero-order chi connectivity index (χ0) is 11.5. The van der Waals surface area contributed by atoms with Crippen LogP contribution in [0.2, 0.25) is 0 Å². The first kappa shape index (κ1) is 11.2. The maximum Gasteiger partial charge on any atom is 0.234 e. The number of carbonyl (C=O) groups excluding carboxylic acids is 2. The van der Waals surface area contributed by atoms with Gasteiger partial charge in [-0.25, -0.2) is 0 Å². The van der Waals surface area contributed by atoms with Crippen LogP contribution in [0.3, 0.4) is 0 Å². The number of benzene rings is 1. The van der Waals surface area contributed by atoms with Gasteiger partial charge in [-0.15, -0.1) is 11.8 Å². The van der Waals surface area contributed by atoms with Crippen molar-refractivity contribution < 1.29 is 9.59 Å². The summed E-state index contributed by atoms with van der Waals surface area (Å²) < 4.78 is 0. The second-order valence-corrected chi connectivity index (χ2v) is 4.89. The van der Waals surface area contributed by atoms with Crippen LogP contribution in [-0.4, -0.2) is 17.4 Å². The first-order valence-electron chi connectivity index (χ1n) is 5.20. The van der Waals surface area contributed by atoms with Crippen molar-refractivity contribution in [1.82, 2.24) is 0 Å². The van der Waals surface area contributed by atoms with Crippen LogP contribution in [0.15, 0.2) is 23.1 Å².